The first kappa shape index (κ1) is 18.8. The van der Waals surface area contributed by atoms with E-state index in [1.807, 2.05) is 18.2 Å². The molecule has 1 aliphatic carbocycles. The molecule has 2 aromatic carbocycles. The number of sulfonamides is 1. The topological polar surface area (TPSA) is 84.0 Å². The van der Waals surface area contributed by atoms with Gasteiger partial charge < -0.3 is 5.32 Å². The van der Waals surface area contributed by atoms with Crippen molar-refractivity contribution in [2.75, 3.05) is 11.6 Å². The Morgan fingerprint density at radius 3 is 2.39 bits per heavy atom. The van der Waals surface area contributed by atoms with Crippen LogP contribution in [0.15, 0.2) is 54.7 Å². The van der Waals surface area contributed by atoms with Crippen LogP contribution >= 0.6 is 0 Å². The van der Waals surface area contributed by atoms with Crippen molar-refractivity contribution < 1.29 is 8.42 Å². The van der Waals surface area contributed by atoms with Crippen molar-refractivity contribution >= 4 is 26.7 Å². The fourth-order valence-corrected chi connectivity index (χ4v) is 4.62. The highest BCUT2D eigenvalue weighted by atomic mass is 32.2. The summed E-state index contributed by atoms with van der Waals surface area (Å²) in [6, 6.07) is 16.8. The van der Waals surface area contributed by atoms with Gasteiger partial charge in [-0.05, 0) is 48.6 Å². The lowest BCUT2D eigenvalue weighted by Gasteiger charge is -2.29. The Labute approximate surface area is 165 Å². The fraction of sp³-hybridized carbons (Fsp3) is 0.333. The van der Waals surface area contributed by atoms with Gasteiger partial charge in [0, 0.05) is 23.8 Å². The number of rotatable bonds is 5. The summed E-state index contributed by atoms with van der Waals surface area (Å²) in [5.41, 5.74) is 1.95. The molecule has 0 amide bonds. The minimum absolute atomic E-state index is 0.0258. The minimum Gasteiger partial charge on any atom is -0.351 e. The molecule has 0 unspecified atom stereocenters. The van der Waals surface area contributed by atoms with Crippen LogP contribution in [-0.4, -0.2) is 36.7 Å². The average Bonchev–Trinajstić information content (AvgIpc) is 2.68. The molecule has 1 heterocycles. The van der Waals surface area contributed by atoms with Crippen LogP contribution in [0.4, 0.5) is 5.95 Å². The molecule has 1 fully saturated rings. The quantitative estimate of drug-likeness (QED) is 0.689. The third-order valence-electron chi connectivity index (χ3n) is 5.14. The number of nitrogens with one attached hydrogen (secondary N) is 2. The summed E-state index contributed by atoms with van der Waals surface area (Å²) < 4.78 is 25.5. The molecule has 0 saturated heterocycles. The Bertz CT molecular complexity index is 1080. The molecule has 28 heavy (non-hydrogen) atoms. The molecule has 7 heteroatoms. The lowest BCUT2D eigenvalue weighted by Crippen LogP contribution is -2.39. The van der Waals surface area contributed by atoms with Crippen molar-refractivity contribution in [1.82, 2.24) is 14.7 Å². The summed E-state index contributed by atoms with van der Waals surface area (Å²) in [7, 11) is -3.15. The van der Waals surface area contributed by atoms with Gasteiger partial charge in [-0.2, -0.15) is 0 Å². The van der Waals surface area contributed by atoms with Gasteiger partial charge in [0.15, 0.2) is 0 Å². The van der Waals surface area contributed by atoms with E-state index in [1.165, 1.54) is 17.0 Å². The van der Waals surface area contributed by atoms with Crippen LogP contribution in [0.2, 0.25) is 0 Å². The average molecular weight is 397 g/mol. The molecule has 0 atom stereocenters. The number of nitrogens with zero attached hydrogens (tertiary/aromatic N) is 2. The molecule has 1 saturated carbocycles. The van der Waals surface area contributed by atoms with Gasteiger partial charge in [-0.15, -0.1) is 0 Å². The molecule has 0 spiro atoms. The number of aromatic nitrogens is 2. The Morgan fingerprint density at radius 1 is 0.929 bits per heavy atom. The second-order valence-electron chi connectivity index (χ2n) is 7.41. The summed E-state index contributed by atoms with van der Waals surface area (Å²) in [4.78, 5) is 9.05. The SMILES string of the molecule is CS(=O)(=O)N[C@H]1CC[C@H](Nc2nccc(-c3ccc4ccccc4c3)n2)CC1. The van der Waals surface area contributed by atoms with Gasteiger partial charge >= 0.3 is 0 Å². The monoisotopic (exact) mass is 396 g/mol. The first-order valence-electron chi connectivity index (χ1n) is 9.52. The van der Waals surface area contributed by atoms with E-state index in [4.69, 9.17) is 0 Å². The first-order chi connectivity index (χ1) is 13.5. The van der Waals surface area contributed by atoms with Crippen LogP contribution < -0.4 is 10.0 Å². The third-order valence-corrected chi connectivity index (χ3v) is 5.90. The Kier molecular flexibility index (Phi) is 5.28. The zero-order valence-corrected chi connectivity index (χ0v) is 16.6. The van der Waals surface area contributed by atoms with Crippen LogP contribution in [0.1, 0.15) is 25.7 Å². The van der Waals surface area contributed by atoms with E-state index in [9.17, 15) is 8.42 Å². The molecule has 0 aliphatic heterocycles. The highest BCUT2D eigenvalue weighted by Crippen LogP contribution is 2.25. The molecule has 0 bridgehead atoms. The van der Waals surface area contributed by atoms with Crippen molar-refractivity contribution in [2.45, 2.75) is 37.8 Å². The summed E-state index contributed by atoms with van der Waals surface area (Å²) >= 11 is 0. The maximum absolute atomic E-state index is 11.4. The van der Waals surface area contributed by atoms with Crippen molar-refractivity contribution in [3.05, 3.63) is 54.7 Å². The van der Waals surface area contributed by atoms with Crippen molar-refractivity contribution in [3.63, 3.8) is 0 Å². The van der Waals surface area contributed by atoms with Gasteiger partial charge in [0.25, 0.3) is 0 Å². The van der Waals surface area contributed by atoms with Crippen LogP contribution in [-0.2, 0) is 10.0 Å². The van der Waals surface area contributed by atoms with Gasteiger partial charge in [-0.25, -0.2) is 23.1 Å². The normalized spacial score (nSPS) is 20.2. The fourth-order valence-electron chi connectivity index (χ4n) is 3.78. The highest BCUT2D eigenvalue weighted by Gasteiger charge is 2.23. The number of benzene rings is 2. The molecular weight excluding hydrogens is 372 g/mol. The Balaban J connectivity index is 1.44. The molecule has 146 valence electrons. The Hall–Kier alpha value is -2.51. The minimum atomic E-state index is -3.15. The molecule has 3 aromatic rings. The van der Waals surface area contributed by atoms with E-state index < -0.39 is 10.0 Å². The predicted molar refractivity (Wildman–Crippen MR) is 113 cm³/mol. The standard InChI is InChI=1S/C21H24N4O2S/c1-28(26,27)25-19-10-8-18(9-11-19)23-21-22-13-12-20(24-21)17-7-6-15-4-2-3-5-16(15)14-17/h2-7,12-14,18-19,25H,8-11H2,1H3,(H,22,23,24)/t18-,19-. The van der Waals surface area contributed by atoms with E-state index >= 15 is 0 Å². The summed E-state index contributed by atoms with van der Waals surface area (Å²) in [6.07, 6.45) is 6.39. The molecule has 0 radical (unpaired) electrons. The van der Waals surface area contributed by atoms with Crippen molar-refractivity contribution in [2.24, 2.45) is 0 Å². The smallest absolute Gasteiger partial charge is 0.223 e. The molecule has 4 rings (SSSR count). The molecule has 2 N–H and O–H groups in total. The third kappa shape index (κ3) is 4.66. The van der Waals surface area contributed by atoms with Gasteiger partial charge in [0.2, 0.25) is 16.0 Å². The van der Waals surface area contributed by atoms with Gasteiger partial charge in [-0.3, -0.25) is 0 Å². The Morgan fingerprint density at radius 2 is 1.64 bits per heavy atom. The van der Waals surface area contributed by atoms with Crippen molar-refractivity contribution in [3.8, 4) is 11.3 Å². The van der Waals surface area contributed by atoms with Crippen LogP contribution in [0.5, 0.6) is 0 Å². The van der Waals surface area contributed by atoms with E-state index in [-0.39, 0.29) is 12.1 Å². The van der Waals surface area contributed by atoms with E-state index in [0.717, 1.165) is 36.9 Å². The second kappa shape index (κ2) is 7.85. The number of hydrogen-bond acceptors (Lipinski definition) is 5. The van der Waals surface area contributed by atoms with Crippen LogP contribution in [0.25, 0.3) is 22.0 Å². The maximum atomic E-state index is 11.4. The predicted octanol–water partition coefficient (Wildman–Crippen LogP) is 3.57. The van der Waals surface area contributed by atoms with E-state index in [0.29, 0.717) is 5.95 Å². The molecule has 6 nitrogen and oxygen atoms in total. The lowest BCUT2D eigenvalue weighted by molar-refractivity contribution is 0.387. The largest absolute Gasteiger partial charge is 0.351 e. The first-order valence-corrected chi connectivity index (χ1v) is 11.4. The summed E-state index contributed by atoms with van der Waals surface area (Å²) in [5, 5.41) is 5.80. The molecular formula is C21H24N4O2S. The van der Waals surface area contributed by atoms with E-state index in [2.05, 4.69) is 50.3 Å². The van der Waals surface area contributed by atoms with Crippen LogP contribution in [0.3, 0.4) is 0 Å². The summed E-state index contributed by atoms with van der Waals surface area (Å²) in [6.45, 7) is 0. The lowest BCUT2D eigenvalue weighted by atomic mass is 9.92. The number of fused-ring (bicyclic) bond motifs is 1. The summed E-state index contributed by atoms with van der Waals surface area (Å²) in [5.74, 6) is 0.616. The number of hydrogen-bond donors (Lipinski definition) is 2. The van der Waals surface area contributed by atoms with Crippen LogP contribution in [0, 0.1) is 0 Å². The second-order valence-corrected chi connectivity index (χ2v) is 9.19. The van der Waals surface area contributed by atoms with Gasteiger partial charge in [-0.1, -0.05) is 36.4 Å². The zero-order valence-electron chi connectivity index (χ0n) is 15.8. The van der Waals surface area contributed by atoms with Gasteiger partial charge in [0.05, 0.1) is 11.9 Å². The van der Waals surface area contributed by atoms with Crippen molar-refractivity contribution in [1.29, 1.82) is 0 Å². The molecule has 1 aromatic heterocycles. The highest BCUT2D eigenvalue weighted by molar-refractivity contribution is 7.88. The molecule has 1 aliphatic rings. The zero-order chi connectivity index (χ0) is 19.6. The maximum Gasteiger partial charge on any atom is 0.223 e. The van der Waals surface area contributed by atoms with E-state index in [1.54, 1.807) is 6.20 Å². The van der Waals surface area contributed by atoms with Gasteiger partial charge in [0.1, 0.15) is 0 Å². The number of anilines is 1.